The van der Waals surface area contributed by atoms with Gasteiger partial charge >= 0.3 is 0 Å². The summed E-state index contributed by atoms with van der Waals surface area (Å²) in [5.74, 6) is 0.887. The summed E-state index contributed by atoms with van der Waals surface area (Å²) < 4.78 is 5.71. The first-order valence-corrected chi connectivity index (χ1v) is 9.65. The molecule has 0 aliphatic carbocycles. The fourth-order valence-electron chi connectivity index (χ4n) is 3.73. The molecular formula is C21H25N3O3. The van der Waals surface area contributed by atoms with E-state index >= 15 is 0 Å². The molecule has 0 spiro atoms. The van der Waals surface area contributed by atoms with Gasteiger partial charge in [0.1, 0.15) is 11.3 Å². The highest BCUT2D eigenvalue weighted by Crippen LogP contribution is 2.19. The van der Waals surface area contributed by atoms with Crippen molar-refractivity contribution in [2.24, 2.45) is 0 Å². The summed E-state index contributed by atoms with van der Waals surface area (Å²) in [6.07, 6.45) is 5.53. The van der Waals surface area contributed by atoms with Gasteiger partial charge in [0.15, 0.2) is 0 Å². The monoisotopic (exact) mass is 367 g/mol. The SMILES string of the molecule is O=C(/C=C/c1cc2ccccc2o1)N1CCN(CC(=O)N2CCCC2)CC1. The average molecular weight is 367 g/mol. The number of hydrogen-bond donors (Lipinski definition) is 0. The number of para-hydroxylation sites is 1. The van der Waals surface area contributed by atoms with Gasteiger partial charge in [-0.05, 0) is 31.1 Å². The molecule has 0 N–H and O–H groups in total. The van der Waals surface area contributed by atoms with Crippen LogP contribution in [0.1, 0.15) is 18.6 Å². The van der Waals surface area contributed by atoms with E-state index in [1.54, 1.807) is 12.2 Å². The number of hydrogen-bond acceptors (Lipinski definition) is 4. The Bertz CT molecular complexity index is 810. The van der Waals surface area contributed by atoms with E-state index in [4.69, 9.17) is 4.42 Å². The second-order valence-electron chi connectivity index (χ2n) is 7.21. The summed E-state index contributed by atoms with van der Waals surface area (Å²) in [5.41, 5.74) is 0.820. The number of amides is 2. The molecule has 0 unspecified atom stereocenters. The fourth-order valence-corrected chi connectivity index (χ4v) is 3.73. The van der Waals surface area contributed by atoms with E-state index < -0.39 is 0 Å². The molecule has 0 radical (unpaired) electrons. The number of likely N-dealkylation sites (tertiary alicyclic amines) is 1. The standard InChI is InChI=1S/C21H25N3O3/c25-20(8-7-18-15-17-5-1-2-6-19(17)27-18)24-13-11-22(12-14-24)16-21(26)23-9-3-4-10-23/h1-2,5-8,15H,3-4,9-14,16H2/b8-7+. The highest BCUT2D eigenvalue weighted by atomic mass is 16.3. The summed E-state index contributed by atoms with van der Waals surface area (Å²) >= 11 is 0. The van der Waals surface area contributed by atoms with E-state index in [9.17, 15) is 9.59 Å². The molecule has 2 fully saturated rings. The Morgan fingerprint density at radius 2 is 1.70 bits per heavy atom. The predicted molar refractivity (Wildman–Crippen MR) is 104 cm³/mol. The van der Waals surface area contributed by atoms with Crippen LogP contribution in [0.25, 0.3) is 17.0 Å². The quantitative estimate of drug-likeness (QED) is 0.778. The molecule has 0 saturated carbocycles. The maximum atomic E-state index is 12.4. The number of carbonyl (C=O) groups excluding carboxylic acids is 2. The molecule has 4 rings (SSSR count). The Kier molecular flexibility index (Phi) is 5.25. The molecule has 2 aliphatic rings. The largest absolute Gasteiger partial charge is 0.457 e. The predicted octanol–water partition coefficient (Wildman–Crippen LogP) is 2.21. The minimum Gasteiger partial charge on any atom is -0.457 e. The maximum Gasteiger partial charge on any atom is 0.246 e. The van der Waals surface area contributed by atoms with Gasteiger partial charge in [-0.3, -0.25) is 14.5 Å². The first-order valence-electron chi connectivity index (χ1n) is 9.65. The molecule has 3 heterocycles. The lowest BCUT2D eigenvalue weighted by atomic mass is 10.2. The van der Waals surface area contributed by atoms with Gasteiger partial charge < -0.3 is 14.2 Å². The Balaban J connectivity index is 1.27. The van der Waals surface area contributed by atoms with Crippen LogP contribution < -0.4 is 0 Å². The Hall–Kier alpha value is -2.60. The van der Waals surface area contributed by atoms with E-state index in [0.29, 0.717) is 25.4 Å². The fraction of sp³-hybridized carbons (Fsp3) is 0.429. The van der Waals surface area contributed by atoms with E-state index in [2.05, 4.69) is 4.90 Å². The lowest BCUT2D eigenvalue weighted by Gasteiger charge is -2.34. The van der Waals surface area contributed by atoms with Crippen molar-refractivity contribution in [3.63, 3.8) is 0 Å². The van der Waals surface area contributed by atoms with Gasteiger partial charge in [-0.1, -0.05) is 18.2 Å². The molecule has 1 aromatic carbocycles. The first kappa shape index (κ1) is 17.8. The zero-order chi connectivity index (χ0) is 18.6. The third kappa shape index (κ3) is 4.22. The minimum absolute atomic E-state index is 0.0130. The molecule has 6 heteroatoms. The van der Waals surface area contributed by atoms with Gasteiger partial charge in [0.2, 0.25) is 11.8 Å². The van der Waals surface area contributed by atoms with E-state index in [1.165, 1.54) is 0 Å². The normalized spacial score (nSPS) is 18.7. The van der Waals surface area contributed by atoms with Crippen LogP contribution >= 0.6 is 0 Å². The maximum absolute atomic E-state index is 12.4. The molecule has 0 bridgehead atoms. The second-order valence-corrected chi connectivity index (χ2v) is 7.21. The Morgan fingerprint density at radius 1 is 0.963 bits per heavy atom. The minimum atomic E-state index is -0.0130. The smallest absolute Gasteiger partial charge is 0.246 e. The van der Waals surface area contributed by atoms with Gasteiger partial charge in [0, 0.05) is 50.7 Å². The number of rotatable bonds is 4. The summed E-state index contributed by atoms with van der Waals surface area (Å²) in [4.78, 5) is 30.6. The van der Waals surface area contributed by atoms with Crippen LogP contribution in [0.4, 0.5) is 0 Å². The molecule has 0 atom stereocenters. The van der Waals surface area contributed by atoms with Crippen LogP contribution in [-0.2, 0) is 9.59 Å². The van der Waals surface area contributed by atoms with E-state index in [-0.39, 0.29) is 11.8 Å². The molecule has 1 aromatic heterocycles. The summed E-state index contributed by atoms with van der Waals surface area (Å²) in [7, 11) is 0. The van der Waals surface area contributed by atoms with Crippen molar-refractivity contribution in [2.45, 2.75) is 12.8 Å². The molecule has 2 aromatic rings. The Morgan fingerprint density at radius 3 is 2.44 bits per heavy atom. The molecule has 2 aliphatic heterocycles. The lowest BCUT2D eigenvalue weighted by Crippen LogP contribution is -2.51. The van der Waals surface area contributed by atoms with E-state index in [0.717, 1.165) is 50.0 Å². The number of fused-ring (bicyclic) bond motifs is 1. The number of furan rings is 1. The summed E-state index contributed by atoms with van der Waals surface area (Å²) in [6, 6.07) is 9.72. The van der Waals surface area contributed by atoms with Crippen LogP contribution in [0.15, 0.2) is 40.8 Å². The molecule has 142 valence electrons. The van der Waals surface area contributed by atoms with E-state index in [1.807, 2.05) is 40.1 Å². The highest BCUT2D eigenvalue weighted by molar-refractivity contribution is 5.92. The van der Waals surface area contributed by atoms with Crippen molar-refractivity contribution >= 4 is 28.9 Å². The Labute approximate surface area is 159 Å². The summed E-state index contributed by atoms with van der Waals surface area (Å²) in [6.45, 7) is 5.03. The van der Waals surface area contributed by atoms with Crippen molar-refractivity contribution in [1.82, 2.24) is 14.7 Å². The average Bonchev–Trinajstić information content (AvgIpc) is 3.36. The van der Waals surface area contributed by atoms with Crippen LogP contribution in [0.2, 0.25) is 0 Å². The zero-order valence-electron chi connectivity index (χ0n) is 15.5. The van der Waals surface area contributed by atoms with Crippen LogP contribution in [0, 0.1) is 0 Å². The first-order chi connectivity index (χ1) is 13.2. The van der Waals surface area contributed by atoms with Gasteiger partial charge in [-0.25, -0.2) is 0 Å². The van der Waals surface area contributed by atoms with Gasteiger partial charge in [-0.15, -0.1) is 0 Å². The topological polar surface area (TPSA) is 57.0 Å². The van der Waals surface area contributed by atoms with Crippen molar-refractivity contribution in [1.29, 1.82) is 0 Å². The molecular weight excluding hydrogens is 342 g/mol. The summed E-state index contributed by atoms with van der Waals surface area (Å²) in [5, 5.41) is 1.03. The number of benzene rings is 1. The number of carbonyl (C=O) groups is 2. The van der Waals surface area contributed by atoms with Crippen molar-refractivity contribution in [3.05, 3.63) is 42.2 Å². The zero-order valence-corrected chi connectivity index (χ0v) is 15.5. The molecule has 27 heavy (non-hydrogen) atoms. The third-order valence-electron chi connectivity index (χ3n) is 5.34. The van der Waals surface area contributed by atoms with Crippen LogP contribution in [0.5, 0.6) is 0 Å². The second kappa shape index (κ2) is 7.96. The van der Waals surface area contributed by atoms with Crippen molar-refractivity contribution in [2.75, 3.05) is 45.8 Å². The lowest BCUT2D eigenvalue weighted by molar-refractivity contribution is -0.132. The van der Waals surface area contributed by atoms with Gasteiger partial charge in [-0.2, -0.15) is 0 Å². The highest BCUT2D eigenvalue weighted by Gasteiger charge is 2.24. The van der Waals surface area contributed by atoms with Crippen LogP contribution in [0.3, 0.4) is 0 Å². The van der Waals surface area contributed by atoms with Gasteiger partial charge in [0.05, 0.1) is 6.54 Å². The van der Waals surface area contributed by atoms with Crippen molar-refractivity contribution < 1.29 is 14.0 Å². The molecule has 2 amide bonds. The molecule has 2 saturated heterocycles. The number of piperazine rings is 1. The third-order valence-corrected chi connectivity index (χ3v) is 5.34. The van der Waals surface area contributed by atoms with Gasteiger partial charge in [0.25, 0.3) is 0 Å². The van der Waals surface area contributed by atoms with Crippen LogP contribution in [-0.4, -0.2) is 72.3 Å². The molecule has 6 nitrogen and oxygen atoms in total. The number of nitrogens with zero attached hydrogens (tertiary/aromatic N) is 3. The van der Waals surface area contributed by atoms with Crippen molar-refractivity contribution in [3.8, 4) is 0 Å².